The summed E-state index contributed by atoms with van der Waals surface area (Å²) in [4.78, 5) is 12.7. The van der Waals surface area contributed by atoms with Crippen LogP contribution in [0.1, 0.15) is 53.9 Å². The third kappa shape index (κ3) is 7.41. The van der Waals surface area contributed by atoms with Gasteiger partial charge in [-0.2, -0.15) is 0 Å². The van der Waals surface area contributed by atoms with E-state index in [1.807, 2.05) is 19.1 Å². The van der Waals surface area contributed by atoms with Crippen LogP contribution >= 0.6 is 0 Å². The molecule has 5 nitrogen and oxygen atoms in total. The minimum atomic E-state index is -0.229. The van der Waals surface area contributed by atoms with Gasteiger partial charge in [0, 0.05) is 29.7 Å². The van der Waals surface area contributed by atoms with Gasteiger partial charge in [0.05, 0.1) is 5.57 Å². The normalized spacial score (nSPS) is 18.6. The molecule has 5 heteroatoms. The zero-order valence-corrected chi connectivity index (χ0v) is 20.4. The first-order valence-corrected chi connectivity index (χ1v) is 11.1. The third-order valence-electron chi connectivity index (χ3n) is 5.03. The maximum Gasteiger partial charge on any atom is 0.258 e. The quantitative estimate of drug-likeness (QED) is 0.154. The van der Waals surface area contributed by atoms with Gasteiger partial charge in [0.1, 0.15) is 5.84 Å². The number of unbranched alkanes of at least 4 members (excludes halogenated alkanes) is 1. The average Bonchev–Trinajstić information content (AvgIpc) is 3.01. The van der Waals surface area contributed by atoms with E-state index in [0.29, 0.717) is 22.5 Å². The lowest BCUT2D eigenvalue weighted by atomic mass is 9.94. The van der Waals surface area contributed by atoms with Gasteiger partial charge in [0.15, 0.2) is 0 Å². The van der Waals surface area contributed by atoms with Crippen LogP contribution in [-0.4, -0.2) is 18.8 Å². The third-order valence-corrected chi connectivity index (χ3v) is 5.03. The molecule has 1 aliphatic rings. The van der Waals surface area contributed by atoms with Crippen LogP contribution in [0.25, 0.3) is 0 Å². The second-order valence-electron chi connectivity index (χ2n) is 7.67. The summed E-state index contributed by atoms with van der Waals surface area (Å²) in [6.45, 7) is 18.0. The van der Waals surface area contributed by atoms with Crippen LogP contribution in [0.3, 0.4) is 0 Å². The number of allylic oxidation sites excluding steroid dienone is 11. The van der Waals surface area contributed by atoms with Crippen LogP contribution in [0, 0.1) is 5.41 Å². The van der Waals surface area contributed by atoms with Crippen molar-refractivity contribution in [3.8, 4) is 0 Å². The highest BCUT2D eigenvalue weighted by molar-refractivity contribution is 6.06. The molecule has 1 fully saturated rings. The molecule has 0 bridgehead atoms. The fraction of sp³-hybridized carbons (Fsp3) is 0.333. The van der Waals surface area contributed by atoms with Crippen LogP contribution < -0.4 is 16.0 Å². The van der Waals surface area contributed by atoms with Gasteiger partial charge >= 0.3 is 0 Å². The van der Waals surface area contributed by atoms with Gasteiger partial charge in [-0.3, -0.25) is 10.2 Å². The molecule has 0 atom stereocenters. The second kappa shape index (κ2) is 13.2. The highest BCUT2D eigenvalue weighted by Crippen LogP contribution is 2.30. The molecule has 0 radical (unpaired) electrons. The molecule has 1 heterocycles. The number of carbonyl (C=O) groups excluding carboxylic acids is 1. The van der Waals surface area contributed by atoms with Gasteiger partial charge in [-0.25, -0.2) is 0 Å². The first-order chi connectivity index (χ1) is 15.2. The molecule has 1 amide bonds. The van der Waals surface area contributed by atoms with E-state index in [9.17, 15) is 4.79 Å². The first kappa shape index (κ1) is 26.7. The van der Waals surface area contributed by atoms with Crippen LogP contribution in [0.5, 0.6) is 0 Å². The summed E-state index contributed by atoms with van der Waals surface area (Å²) in [5.74, 6) is -0.0349. The number of amides is 1. The van der Waals surface area contributed by atoms with Crippen molar-refractivity contribution in [1.29, 1.82) is 5.41 Å². The molecule has 0 aromatic carbocycles. The summed E-state index contributed by atoms with van der Waals surface area (Å²) in [6, 6.07) is 0. The maximum absolute atomic E-state index is 12.7. The maximum atomic E-state index is 12.7. The molecule has 0 saturated carbocycles. The topological polar surface area (TPSA) is 77.0 Å². The van der Waals surface area contributed by atoms with Crippen LogP contribution in [0.15, 0.2) is 94.6 Å². The Bertz CT molecular complexity index is 952. The molecule has 0 unspecified atom stereocenters. The van der Waals surface area contributed by atoms with Crippen LogP contribution in [0.4, 0.5) is 0 Å². The fourth-order valence-electron chi connectivity index (χ4n) is 3.31. The molecule has 0 aliphatic carbocycles. The molecule has 1 saturated heterocycles. The zero-order chi connectivity index (χ0) is 24.3. The van der Waals surface area contributed by atoms with Crippen molar-refractivity contribution >= 4 is 11.7 Å². The fourth-order valence-corrected chi connectivity index (χ4v) is 3.31. The average molecular weight is 435 g/mol. The SMILES string of the molecule is C=CC(=C(C)/C=C\CCC)C(=C\CC)/C=C1\C(=C)NC(=O)\C1=C(\C)NC(=N)/C=C(/C)NC. The summed E-state index contributed by atoms with van der Waals surface area (Å²) in [6.07, 6.45) is 14.9. The lowest BCUT2D eigenvalue weighted by molar-refractivity contribution is -0.115. The predicted octanol–water partition coefficient (Wildman–Crippen LogP) is 5.72. The van der Waals surface area contributed by atoms with E-state index < -0.39 is 0 Å². The Kier molecular flexibility index (Phi) is 11.0. The summed E-state index contributed by atoms with van der Waals surface area (Å²) >= 11 is 0. The number of rotatable bonds is 10. The van der Waals surface area contributed by atoms with E-state index >= 15 is 0 Å². The Balaban J connectivity index is 3.52. The minimum absolute atomic E-state index is 0.194. The molecule has 0 spiro atoms. The molecule has 1 rings (SSSR count). The van der Waals surface area contributed by atoms with Crippen molar-refractivity contribution < 1.29 is 4.79 Å². The number of amidine groups is 1. The van der Waals surface area contributed by atoms with Gasteiger partial charge in [0.25, 0.3) is 5.91 Å². The largest absolute Gasteiger partial charge is 0.392 e. The van der Waals surface area contributed by atoms with Crippen LogP contribution in [0.2, 0.25) is 0 Å². The van der Waals surface area contributed by atoms with E-state index in [0.717, 1.165) is 41.7 Å². The Morgan fingerprint density at radius 3 is 2.47 bits per heavy atom. The van der Waals surface area contributed by atoms with Crippen LogP contribution in [-0.2, 0) is 4.79 Å². The molecule has 1 aliphatic heterocycles. The summed E-state index contributed by atoms with van der Waals surface area (Å²) in [5, 5.41) is 17.0. The van der Waals surface area contributed by atoms with Gasteiger partial charge in [0.2, 0.25) is 0 Å². The van der Waals surface area contributed by atoms with Gasteiger partial charge in [-0.1, -0.05) is 57.7 Å². The number of carbonyl (C=O) groups is 1. The molecule has 4 N–H and O–H groups in total. The molecular weight excluding hydrogens is 396 g/mol. The van der Waals surface area contributed by atoms with Crippen molar-refractivity contribution in [3.63, 3.8) is 0 Å². The molecule has 0 aromatic rings. The summed E-state index contributed by atoms with van der Waals surface area (Å²) in [5.41, 5.74) is 6.30. The molecular formula is C27H38N4O. The predicted molar refractivity (Wildman–Crippen MR) is 137 cm³/mol. The number of nitrogens with one attached hydrogen (secondary N) is 4. The Morgan fingerprint density at radius 2 is 1.91 bits per heavy atom. The van der Waals surface area contributed by atoms with E-state index in [4.69, 9.17) is 5.41 Å². The summed E-state index contributed by atoms with van der Waals surface area (Å²) in [7, 11) is 1.80. The molecule has 172 valence electrons. The lowest BCUT2D eigenvalue weighted by Gasteiger charge is -2.12. The van der Waals surface area contributed by atoms with E-state index in [1.54, 1.807) is 20.0 Å². The highest BCUT2D eigenvalue weighted by atomic mass is 16.2. The Morgan fingerprint density at radius 1 is 1.22 bits per heavy atom. The monoisotopic (exact) mass is 434 g/mol. The van der Waals surface area contributed by atoms with E-state index in [2.05, 4.69) is 68.1 Å². The zero-order valence-electron chi connectivity index (χ0n) is 20.4. The van der Waals surface area contributed by atoms with E-state index in [1.165, 1.54) is 0 Å². The standard InChI is InChI=1S/C27H38N4O/c1-9-12-13-15-18(4)23(11-3)22(14-10-2)17-24-20(6)31-27(32)26(24)21(7)30-25(28)16-19(5)29-8/h11,13-17,29H,3,6,9-10,12H2,1-2,4-5,7-8H3,(H2,28,30)(H,31,32)/b15-13-,19-16-,22-14-,23-18?,24-17+,26-21-. The van der Waals surface area contributed by atoms with Gasteiger partial charge in [-0.15, -0.1) is 0 Å². The molecule has 0 aromatic heterocycles. The smallest absolute Gasteiger partial charge is 0.258 e. The first-order valence-electron chi connectivity index (χ1n) is 11.1. The van der Waals surface area contributed by atoms with E-state index in [-0.39, 0.29) is 11.7 Å². The minimum Gasteiger partial charge on any atom is -0.392 e. The van der Waals surface area contributed by atoms with Gasteiger partial charge < -0.3 is 16.0 Å². The number of hydrogen-bond donors (Lipinski definition) is 4. The Hall–Kier alpha value is -3.34. The van der Waals surface area contributed by atoms with Crippen molar-refractivity contribution in [3.05, 3.63) is 94.6 Å². The Labute approximate surface area is 193 Å². The lowest BCUT2D eigenvalue weighted by Crippen LogP contribution is -2.23. The highest BCUT2D eigenvalue weighted by Gasteiger charge is 2.28. The van der Waals surface area contributed by atoms with Crippen molar-refractivity contribution in [2.45, 2.75) is 53.9 Å². The van der Waals surface area contributed by atoms with Crippen molar-refractivity contribution in [2.75, 3.05) is 7.05 Å². The summed E-state index contributed by atoms with van der Waals surface area (Å²) < 4.78 is 0. The van der Waals surface area contributed by atoms with Crippen molar-refractivity contribution in [1.82, 2.24) is 16.0 Å². The van der Waals surface area contributed by atoms with Crippen molar-refractivity contribution in [2.24, 2.45) is 0 Å². The van der Waals surface area contributed by atoms with Gasteiger partial charge in [-0.05, 0) is 62.5 Å². The number of hydrogen-bond acceptors (Lipinski definition) is 3. The second-order valence-corrected chi connectivity index (χ2v) is 7.67. The molecule has 32 heavy (non-hydrogen) atoms.